The number of fused-ring (bicyclic) bond motifs is 8. The van der Waals surface area contributed by atoms with Crippen molar-refractivity contribution in [1.29, 1.82) is 0 Å². The van der Waals surface area contributed by atoms with Crippen LogP contribution in [0.5, 0.6) is 0 Å². The van der Waals surface area contributed by atoms with Crippen molar-refractivity contribution in [1.82, 2.24) is 24.9 Å². The van der Waals surface area contributed by atoms with Gasteiger partial charge in [0.15, 0.2) is 0 Å². The number of pyridine rings is 1. The first-order chi connectivity index (χ1) is 28.6. The third kappa shape index (κ3) is 7.34. The van der Waals surface area contributed by atoms with Gasteiger partial charge in [-0.1, -0.05) is 135 Å². The maximum atomic E-state index is 5.52. The lowest BCUT2D eigenvalue weighted by atomic mass is 9.86. The molecule has 7 aromatic rings. The van der Waals surface area contributed by atoms with Crippen LogP contribution in [0.25, 0.3) is 90.9 Å². The van der Waals surface area contributed by atoms with Gasteiger partial charge in [-0.05, 0) is 116 Å². The summed E-state index contributed by atoms with van der Waals surface area (Å²) in [6.07, 6.45) is 12.3. The summed E-state index contributed by atoms with van der Waals surface area (Å²) >= 11 is 0. The third-order valence-corrected chi connectivity index (χ3v) is 11.8. The lowest BCUT2D eigenvalue weighted by Gasteiger charge is -2.19. The number of aromatic amines is 2. The molecule has 2 N–H and O–H groups in total. The molecule has 2 aliphatic rings. The molecule has 298 valence electrons. The molecular weight excluding hydrogens is 731 g/mol. The number of hydrogen-bond acceptors (Lipinski definition) is 3. The van der Waals surface area contributed by atoms with Crippen LogP contribution >= 0.6 is 0 Å². The summed E-state index contributed by atoms with van der Waals surface area (Å²) in [7, 11) is 0. The van der Waals surface area contributed by atoms with Crippen molar-refractivity contribution in [2.75, 3.05) is 0 Å². The van der Waals surface area contributed by atoms with Crippen molar-refractivity contribution in [2.45, 2.75) is 78.6 Å². The zero-order valence-corrected chi connectivity index (χ0v) is 36.2. The maximum absolute atomic E-state index is 5.52. The Balaban J connectivity index is 1.42. The lowest BCUT2D eigenvalue weighted by Crippen LogP contribution is -2.10. The number of benzene rings is 3. The van der Waals surface area contributed by atoms with Crippen molar-refractivity contribution in [3.8, 4) is 44.5 Å². The number of nitrogens with zero attached hydrogens (tertiary/aromatic N) is 3. The Morgan fingerprint density at radius 2 is 0.567 bits per heavy atom. The van der Waals surface area contributed by atoms with E-state index in [0.717, 1.165) is 89.4 Å². The Labute approximate surface area is 354 Å². The number of H-pyrrole nitrogens is 2. The summed E-state index contributed by atoms with van der Waals surface area (Å²) in [6, 6.07) is 39.8. The van der Waals surface area contributed by atoms with Crippen molar-refractivity contribution < 1.29 is 0 Å². The first-order valence-electron chi connectivity index (χ1n) is 21.0. The van der Waals surface area contributed by atoms with E-state index in [1.807, 2.05) is 12.4 Å². The van der Waals surface area contributed by atoms with Crippen LogP contribution in [0.4, 0.5) is 0 Å². The molecule has 2 aliphatic heterocycles. The highest BCUT2D eigenvalue weighted by Crippen LogP contribution is 2.39. The van der Waals surface area contributed by atoms with Crippen LogP contribution in [0.1, 0.15) is 102 Å². The second-order valence-electron chi connectivity index (χ2n) is 19.2. The molecule has 5 heteroatoms. The molecule has 6 heterocycles. The summed E-state index contributed by atoms with van der Waals surface area (Å²) in [5.41, 5.74) is 19.9. The summed E-state index contributed by atoms with van der Waals surface area (Å²) in [6.45, 7) is 20.3. The predicted octanol–water partition coefficient (Wildman–Crippen LogP) is 14.6. The molecule has 0 saturated carbocycles. The molecule has 0 radical (unpaired) electrons. The molecule has 0 saturated heterocycles. The molecule has 60 heavy (non-hydrogen) atoms. The van der Waals surface area contributed by atoms with E-state index < -0.39 is 0 Å². The topological polar surface area (TPSA) is 70.2 Å². The second-order valence-corrected chi connectivity index (χ2v) is 19.2. The van der Waals surface area contributed by atoms with Crippen LogP contribution in [0.15, 0.2) is 122 Å². The molecule has 9 rings (SSSR count). The number of rotatable bonds is 4. The van der Waals surface area contributed by atoms with E-state index in [4.69, 9.17) is 9.97 Å². The van der Waals surface area contributed by atoms with E-state index in [1.54, 1.807) is 0 Å². The van der Waals surface area contributed by atoms with Crippen LogP contribution in [-0.4, -0.2) is 24.9 Å². The standard InChI is InChI=1S/C55H53N5/c1-53(2,3)38-16-10-34(11-17-38)49-41-22-24-43(57-41)50(35-12-18-39(19-13-35)54(4,5)6)45-26-28-47(59-45)52(37-30-32-56-33-31-37)48-29-27-46(60-48)51(44-25-23-42(49)58-44)36-14-20-40(21-15-36)55(7,8)9/h10-33,57,60H,1-9H3. The van der Waals surface area contributed by atoms with Crippen molar-refractivity contribution in [3.05, 3.63) is 161 Å². The van der Waals surface area contributed by atoms with Crippen LogP contribution in [-0.2, 0) is 16.2 Å². The van der Waals surface area contributed by atoms with Gasteiger partial charge in [-0.25, -0.2) is 9.97 Å². The fourth-order valence-electron chi connectivity index (χ4n) is 8.35. The highest BCUT2D eigenvalue weighted by molar-refractivity contribution is 5.99. The third-order valence-electron chi connectivity index (χ3n) is 11.8. The van der Waals surface area contributed by atoms with Crippen molar-refractivity contribution >= 4 is 46.4 Å². The average molecular weight is 784 g/mol. The minimum absolute atomic E-state index is 0.0305. The zero-order chi connectivity index (χ0) is 42.0. The number of aromatic nitrogens is 5. The smallest absolute Gasteiger partial charge is 0.0737 e. The highest BCUT2D eigenvalue weighted by atomic mass is 14.8. The van der Waals surface area contributed by atoms with Crippen LogP contribution in [0, 0.1) is 0 Å². The van der Waals surface area contributed by atoms with Gasteiger partial charge in [0.05, 0.1) is 22.8 Å². The number of hydrogen-bond donors (Lipinski definition) is 2. The van der Waals surface area contributed by atoms with Gasteiger partial charge in [-0.3, -0.25) is 4.98 Å². The highest BCUT2D eigenvalue weighted by Gasteiger charge is 2.21. The Morgan fingerprint density at radius 3 is 0.817 bits per heavy atom. The Bertz CT molecular complexity index is 2920. The molecule has 0 aliphatic carbocycles. The van der Waals surface area contributed by atoms with Gasteiger partial charge in [-0.2, -0.15) is 0 Å². The lowest BCUT2D eigenvalue weighted by molar-refractivity contribution is 0.590. The molecule has 0 spiro atoms. The van der Waals surface area contributed by atoms with E-state index in [2.05, 4.69) is 211 Å². The molecule has 0 amide bonds. The largest absolute Gasteiger partial charge is 0.354 e. The number of nitrogens with one attached hydrogen (secondary N) is 2. The monoisotopic (exact) mass is 783 g/mol. The first kappa shape index (κ1) is 38.9. The van der Waals surface area contributed by atoms with Gasteiger partial charge >= 0.3 is 0 Å². The van der Waals surface area contributed by atoms with E-state index in [1.165, 1.54) is 16.7 Å². The summed E-state index contributed by atoms with van der Waals surface area (Å²) in [5.74, 6) is 0. The Morgan fingerprint density at radius 1 is 0.317 bits per heavy atom. The summed E-state index contributed by atoms with van der Waals surface area (Å²) < 4.78 is 0. The zero-order valence-electron chi connectivity index (χ0n) is 36.2. The molecule has 4 aromatic heterocycles. The molecule has 0 fully saturated rings. The molecule has 5 nitrogen and oxygen atoms in total. The normalized spacial score (nSPS) is 12.9. The first-order valence-corrected chi connectivity index (χ1v) is 21.0. The minimum Gasteiger partial charge on any atom is -0.354 e. The van der Waals surface area contributed by atoms with Gasteiger partial charge in [0.2, 0.25) is 0 Å². The second kappa shape index (κ2) is 14.6. The predicted molar refractivity (Wildman–Crippen MR) is 254 cm³/mol. The summed E-state index contributed by atoms with van der Waals surface area (Å²) in [5, 5.41) is 0. The van der Waals surface area contributed by atoms with E-state index in [-0.39, 0.29) is 16.2 Å². The van der Waals surface area contributed by atoms with Gasteiger partial charge in [-0.15, -0.1) is 0 Å². The SMILES string of the molecule is CC(C)(C)c1ccc(-c2c3nc(c(-c4ccc(C(C)(C)C)cc4)c4ccc([nH]4)c(-c4ccc(C(C)(C)C)cc4)c4nc(c(-c5ccncc5)c5ccc2[nH]5)C=C4)C=C3)cc1. The fourth-order valence-corrected chi connectivity index (χ4v) is 8.35. The van der Waals surface area contributed by atoms with Gasteiger partial charge in [0.1, 0.15) is 0 Å². The van der Waals surface area contributed by atoms with Gasteiger partial charge in [0.25, 0.3) is 0 Å². The molecule has 0 unspecified atom stereocenters. The Kier molecular flexibility index (Phi) is 9.47. The van der Waals surface area contributed by atoms with Gasteiger partial charge < -0.3 is 9.97 Å². The van der Waals surface area contributed by atoms with Crippen LogP contribution in [0.2, 0.25) is 0 Å². The fraction of sp³-hybridized carbons (Fsp3) is 0.218. The minimum atomic E-state index is 0.0305. The van der Waals surface area contributed by atoms with E-state index >= 15 is 0 Å². The van der Waals surface area contributed by atoms with E-state index in [9.17, 15) is 0 Å². The average Bonchev–Trinajstić information content (AvgIpc) is 4.06. The Hall–Kier alpha value is -6.59. The molecule has 0 atom stereocenters. The van der Waals surface area contributed by atoms with Crippen molar-refractivity contribution in [3.63, 3.8) is 0 Å². The van der Waals surface area contributed by atoms with Gasteiger partial charge in [0, 0.05) is 56.7 Å². The molecular formula is C55H53N5. The van der Waals surface area contributed by atoms with Crippen molar-refractivity contribution in [2.24, 2.45) is 0 Å². The quantitative estimate of drug-likeness (QED) is 0.187. The van der Waals surface area contributed by atoms with Crippen LogP contribution in [0.3, 0.4) is 0 Å². The van der Waals surface area contributed by atoms with Crippen LogP contribution < -0.4 is 0 Å². The van der Waals surface area contributed by atoms with E-state index in [0.29, 0.717) is 0 Å². The molecule has 3 aromatic carbocycles. The maximum Gasteiger partial charge on any atom is 0.0737 e. The summed E-state index contributed by atoms with van der Waals surface area (Å²) in [4.78, 5) is 23.1. The molecule has 8 bridgehead atoms.